The van der Waals surface area contributed by atoms with Crippen molar-refractivity contribution in [2.45, 2.75) is 19.8 Å². The van der Waals surface area contributed by atoms with Crippen molar-refractivity contribution in [1.29, 1.82) is 0 Å². The van der Waals surface area contributed by atoms with Crippen molar-refractivity contribution in [3.63, 3.8) is 0 Å². The van der Waals surface area contributed by atoms with Crippen LogP contribution in [0.3, 0.4) is 0 Å². The highest BCUT2D eigenvalue weighted by molar-refractivity contribution is 9.10. The molecule has 0 saturated carbocycles. The first-order valence-corrected chi connectivity index (χ1v) is 5.64. The summed E-state index contributed by atoms with van der Waals surface area (Å²) in [6.45, 7) is 3.19. The number of methoxy groups -OCH3 is 1. The Hall–Kier alpha value is -0.700. The first kappa shape index (κ1) is 11.4. The Balaban J connectivity index is 2.62. The molecule has 0 aromatic heterocycles. The summed E-state index contributed by atoms with van der Waals surface area (Å²) in [7, 11) is 1.68. The van der Waals surface area contributed by atoms with Gasteiger partial charge in [-0.25, -0.2) is 0 Å². The number of halogens is 1. The van der Waals surface area contributed by atoms with E-state index < -0.39 is 0 Å². The fourth-order valence-corrected chi connectivity index (χ4v) is 1.66. The molecule has 1 rings (SSSR count). The molecule has 1 N–H and O–H groups in total. The summed E-state index contributed by atoms with van der Waals surface area (Å²) in [6.07, 6.45) is 2.40. The fourth-order valence-electron chi connectivity index (χ4n) is 1.19. The molecule has 0 bridgehead atoms. The standard InChI is InChI=1S/C11H16BrNO/c1-3-4-5-13-10-6-9(12)7-11(8-10)14-2/h6-8,13H,3-5H2,1-2H3. The number of anilines is 1. The Morgan fingerprint density at radius 1 is 1.36 bits per heavy atom. The lowest BCUT2D eigenvalue weighted by Crippen LogP contribution is -2.00. The topological polar surface area (TPSA) is 21.3 Å². The van der Waals surface area contributed by atoms with Crippen molar-refractivity contribution < 1.29 is 4.74 Å². The largest absolute Gasteiger partial charge is 0.497 e. The van der Waals surface area contributed by atoms with Gasteiger partial charge in [-0.05, 0) is 18.6 Å². The van der Waals surface area contributed by atoms with Gasteiger partial charge in [0.1, 0.15) is 5.75 Å². The Morgan fingerprint density at radius 2 is 2.14 bits per heavy atom. The zero-order valence-corrected chi connectivity index (χ0v) is 10.2. The minimum atomic E-state index is 0.873. The molecule has 0 atom stereocenters. The van der Waals surface area contributed by atoms with Crippen LogP contribution in [0.1, 0.15) is 19.8 Å². The second-order valence-electron chi connectivity index (χ2n) is 3.16. The highest BCUT2D eigenvalue weighted by Crippen LogP contribution is 2.24. The average Bonchev–Trinajstić information content (AvgIpc) is 2.17. The molecular weight excluding hydrogens is 242 g/mol. The molecule has 78 valence electrons. The van der Waals surface area contributed by atoms with E-state index in [0.717, 1.165) is 22.5 Å². The molecule has 0 radical (unpaired) electrons. The van der Waals surface area contributed by atoms with Gasteiger partial charge in [0, 0.05) is 22.8 Å². The molecule has 14 heavy (non-hydrogen) atoms. The van der Waals surface area contributed by atoms with Crippen molar-refractivity contribution in [2.75, 3.05) is 19.0 Å². The molecule has 0 saturated heterocycles. The third-order valence-electron chi connectivity index (χ3n) is 1.97. The van der Waals surface area contributed by atoms with Crippen LogP contribution in [0.4, 0.5) is 5.69 Å². The van der Waals surface area contributed by atoms with Gasteiger partial charge in [0.2, 0.25) is 0 Å². The lowest BCUT2D eigenvalue weighted by molar-refractivity contribution is 0.414. The quantitative estimate of drug-likeness (QED) is 0.813. The minimum Gasteiger partial charge on any atom is -0.497 e. The van der Waals surface area contributed by atoms with Crippen LogP contribution in [0.2, 0.25) is 0 Å². The monoisotopic (exact) mass is 257 g/mol. The number of benzene rings is 1. The Bertz CT molecular complexity index is 289. The van der Waals surface area contributed by atoms with Crippen molar-refractivity contribution in [1.82, 2.24) is 0 Å². The van der Waals surface area contributed by atoms with E-state index in [4.69, 9.17) is 4.74 Å². The molecular formula is C11H16BrNO. The van der Waals surface area contributed by atoms with Gasteiger partial charge in [0.05, 0.1) is 7.11 Å². The van der Waals surface area contributed by atoms with Gasteiger partial charge in [-0.1, -0.05) is 29.3 Å². The molecule has 3 heteroatoms. The summed E-state index contributed by atoms with van der Waals surface area (Å²) >= 11 is 3.44. The second-order valence-corrected chi connectivity index (χ2v) is 4.08. The van der Waals surface area contributed by atoms with Gasteiger partial charge in [-0.2, -0.15) is 0 Å². The summed E-state index contributed by atoms with van der Waals surface area (Å²) in [5.41, 5.74) is 1.10. The third kappa shape index (κ3) is 3.58. The molecule has 1 aromatic carbocycles. The van der Waals surface area contributed by atoms with Crippen LogP contribution in [-0.4, -0.2) is 13.7 Å². The fraction of sp³-hybridized carbons (Fsp3) is 0.455. The third-order valence-corrected chi connectivity index (χ3v) is 2.42. The molecule has 0 heterocycles. The molecule has 0 aliphatic rings. The van der Waals surface area contributed by atoms with Gasteiger partial charge < -0.3 is 10.1 Å². The Labute approximate surface area is 93.8 Å². The van der Waals surface area contributed by atoms with E-state index in [2.05, 4.69) is 34.2 Å². The van der Waals surface area contributed by atoms with Crippen LogP contribution in [0.15, 0.2) is 22.7 Å². The summed E-state index contributed by atoms with van der Waals surface area (Å²) in [4.78, 5) is 0. The Kier molecular flexibility index (Phi) is 4.80. The van der Waals surface area contributed by atoms with E-state index in [1.807, 2.05) is 12.1 Å². The molecule has 0 aliphatic heterocycles. The minimum absolute atomic E-state index is 0.873. The van der Waals surface area contributed by atoms with Gasteiger partial charge >= 0.3 is 0 Å². The molecule has 0 amide bonds. The first-order valence-electron chi connectivity index (χ1n) is 4.84. The Morgan fingerprint density at radius 3 is 2.79 bits per heavy atom. The number of hydrogen-bond donors (Lipinski definition) is 1. The summed E-state index contributed by atoms with van der Waals surface area (Å²) < 4.78 is 6.21. The maximum absolute atomic E-state index is 5.17. The normalized spacial score (nSPS) is 9.93. The van der Waals surface area contributed by atoms with Crippen LogP contribution < -0.4 is 10.1 Å². The maximum atomic E-state index is 5.17. The number of ether oxygens (including phenoxy) is 1. The summed E-state index contributed by atoms with van der Waals surface area (Å²) in [5.74, 6) is 0.873. The van der Waals surface area contributed by atoms with Crippen molar-refractivity contribution in [3.05, 3.63) is 22.7 Å². The maximum Gasteiger partial charge on any atom is 0.122 e. The summed E-state index contributed by atoms with van der Waals surface area (Å²) in [6, 6.07) is 6.00. The lowest BCUT2D eigenvalue weighted by Gasteiger charge is -2.08. The highest BCUT2D eigenvalue weighted by atomic mass is 79.9. The highest BCUT2D eigenvalue weighted by Gasteiger charge is 1.98. The van der Waals surface area contributed by atoms with Crippen molar-refractivity contribution in [3.8, 4) is 5.75 Å². The van der Waals surface area contributed by atoms with E-state index in [-0.39, 0.29) is 0 Å². The lowest BCUT2D eigenvalue weighted by atomic mass is 10.3. The number of unbranched alkanes of at least 4 members (excludes halogenated alkanes) is 1. The molecule has 0 unspecified atom stereocenters. The van der Waals surface area contributed by atoms with Gasteiger partial charge in [-0.15, -0.1) is 0 Å². The van der Waals surface area contributed by atoms with E-state index in [1.54, 1.807) is 7.11 Å². The van der Waals surface area contributed by atoms with Crippen LogP contribution >= 0.6 is 15.9 Å². The molecule has 0 aliphatic carbocycles. The molecule has 2 nitrogen and oxygen atoms in total. The van der Waals surface area contributed by atoms with Gasteiger partial charge in [0.15, 0.2) is 0 Å². The number of hydrogen-bond acceptors (Lipinski definition) is 2. The SMILES string of the molecule is CCCCNc1cc(Br)cc(OC)c1. The second kappa shape index (κ2) is 5.91. The van der Waals surface area contributed by atoms with Crippen molar-refractivity contribution >= 4 is 21.6 Å². The summed E-state index contributed by atoms with van der Waals surface area (Å²) in [5, 5.41) is 3.35. The average molecular weight is 258 g/mol. The van der Waals surface area contributed by atoms with Gasteiger partial charge in [0.25, 0.3) is 0 Å². The van der Waals surface area contributed by atoms with E-state index in [9.17, 15) is 0 Å². The number of nitrogens with one attached hydrogen (secondary N) is 1. The van der Waals surface area contributed by atoms with E-state index >= 15 is 0 Å². The predicted octanol–water partition coefficient (Wildman–Crippen LogP) is 3.67. The first-order chi connectivity index (χ1) is 6.76. The molecule has 0 spiro atoms. The van der Waals surface area contributed by atoms with Crippen LogP contribution in [0, 0.1) is 0 Å². The van der Waals surface area contributed by atoms with Crippen LogP contribution in [0.5, 0.6) is 5.75 Å². The zero-order chi connectivity index (χ0) is 10.4. The number of rotatable bonds is 5. The van der Waals surface area contributed by atoms with E-state index in [0.29, 0.717) is 0 Å². The molecule has 1 aromatic rings. The van der Waals surface area contributed by atoms with Crippen LogP contribution in [-0.2, 0) is 0 Å². The van der Waals surface area contributed by atoms with Gasteiger partial charge in [-0.3, -0.25) is 0 Å². The predicted molar refractivity (Wildman–Crippen MR) is 64.1 cm³/mol. The van der Waals surface area contributed by atoms with Crippen molar-refractivity contribution in [2.24, 2.45) is 0 Å². The zero-order valence-electron chi connectivity index (χ0n) is 8.64. The smallest absolute Gasteiger partial charge is 0.122 e. The van der Waals surface area contributed by atoms with Crippen LogP contribution in [0.25, 0.3) is 0 Å². The van der Waals surface area contributed by atoms with E-state index in [1.165, 1.54) is 12.8 Å². The molecule has 0 fully saturated rings.